The average molecular weight is 394 g/mol. The molecule has 0 heterocycles. The van der Waals surface area contributed by atoms with Crippen LogP contribution < -0.4 is 10.0 Å². The fraction of sp³-hybridized carbons (Fsp3) is 0.136. The zero-order chi connectivity index (χ0) is 20.0. The van der Waals surface area contributed by atoms with Crippen molar-refractivity contribution in [2.75, 3.05) is 4.72 Å². The van der Waals surface area contributed by atoms with Gasteiger partial charge in [0.05, 0.1) is 4.90 Å². The second kappa shape index (κ2) is 8.71. The molecule has 144 valence electrons. The Balaban J connectivity index is 1.72. The molecule has 0 saturated carbocycles. The summed E-state index contributed by atoms with van der Waals surface area (Å²) in [5.41, 5.74) is 2.87. The predicted molar refractivity (Wildman–Crippen MR) is 111 cm³/mol. The number of aryl methyl sites for hydroxylation is 1. The van der Waals surface area contributed by atoms with Gasteiger partial charge in [-0.15, -0.1) is 0 Å². The summed E-state index contributed by atoms with van der Waals surface area (Å²) in [6.45, 7) is 2.41. The first-order valence-corrected chi connectivity index (χ1v) is 10.5. The van der Waals surface area contributed by atoms with Crippen LogP contribution in [0.3, 0.4) is 0 Å². The van der Waals surface area contributed by atoms with Crippen LogP contribution in [0.2, 0.25) is 0 Å². The van der Waals surface area contributed by atoms with Crippen molar-refractivity contribution >= 4 is 21.6 Å². The van der Waals surface area contributed by atoms with Crippen molar-refractivity contribution in [2.24, 2.45) is 0 Å². The minimum atomic E-state index is -3.79. The zero-order valence-electron chi connectivity index (χ0n) is 15.6. The molecule has 0 atom stereocenters. The van der Waals surface area contributed by atoms with Crippen LogP contribution in [0, 0.1) is 0 Å². The molecule has 3 rings (SSSR count). The summed E-state index contributed by atoms with van der Waals surface area (Å²) in [6, 6.07) is 22.7. The third kappa shape index (κ3) is 4.98. The number of rotatable bonds is 7. The van der Waals surface area contributed by atoms with E-state index < -0.39 is 10.0 Å². The van der Waals surface area contributed by atoms with E-state index in [4.69, 9.17) is 0 Å². The lowest BCUT2D eigenvalue weighted by molar-refractivity contribution is 0.0950. The Bertz CT molecular complexity index is 1050. The number of carbonyl (C=O) groups is 1. The number of hydrogen-bond donors (Lipinski definition) is 2. The molecule has 0 unspecified atom stereocenters. The lowest BCUT2D eigenvalue weighted by Gasteiger charge is -2.10. The molecule has 2 N–H and O–H groups in total. The van der Waals surface area contributed by atoms with Crippen molar-refractivity contribution in [3.05, 3.63) is 95.6 Å². The normalized spacial score (nSPS) is 11.0. The number of sulfonamides is 1. The lowest BCUT2D eigenvalue weighted by atomic mass is 10.2. The number of hydrogen-bond acceptors (Lipinski definition) is 3. The predicted octanol–water partition coefficient (Wildman–Crippen LogP) is 3.98. The molecule has 0 aliphatic rings. The Hall–Kier alpha value is -3.12. The molecule has 0 fully saturated rings. The number of carbonyl (C=O) groups excluding carboxylic acids is 1. The lowest BCUT2D eigenvalue weighted by Crippen LogP contribution is -2.23. The standard InChI is InChI=1S/C22H22N2O3S/c1-2-17-11-13-20(14-12-17)24-28(26,27)21-10-6-9-19(15-21)22(25)23-16-18-7-4-3-5-8-18/h3-15,24H,2,16H2,1H3,(H,23,25). The van der Waals surface area contributed by atoms with Crippen LogP contribution in [0.25, 0.3) is 0 Å². The van der Waals surface area contributed by atoms with Gasteiger partial charge in [0.1, 0.15) is 0 Å². The van der Waals surface area contributed by atoms with Crippen LogP contribution in [-0.2, 0) is 23.0 Å². The van der Waals surface area contributed by atoms with Crippen molar-refractivity contribution in [3.63, 3.8) is 0 Å². The van der Waals surface area contributed by atoms with Crippen LogP contribution in [0.4, 0.5) is 5.69 Å². The highest BCUT2D eigenvalue weighted by Gasteiger charge is 2.16. The molecule has 0 bridgehead atoms. The molecule has 0 aliphatic heterocycles. The van der Waals surface area contributed by atoms with E-state index in [-0.39, 0.29) is 10.8 Å². The summed E-state index contributed by atoms with van der Waals surface area (Å²) in [6.07, 6.45) is 0.882. The van der Waals surface area contributed by atoms with Crippen LogP contribution in [0.15, 0.2) is 83.8 Å². The Morgan fingerprint density at radius 3 is 2.25 bits per heavy atom. The van der Waals surface area contributed by atoms with E-state index in [1.807, 2.05) is 49.4 Å². The monoisotopic (exact) mass is 394 g/mol. The Morgan fingerprint density at radius 2 is 1.57 bits per heavy atom. The molecule has 1 amide bonds. The third-order valence-corrected chi connectivity index (χ3v) is 5.70. The third-order valence-electron chi connectivity index (χ3n) is 4.32. The van der Waals surface area contributed by atoms with Crippen molar-refractivity contribution in [3.8, 4) is 0 Å². The average Bonchev–Trinajstić information content (AvgIpc) is 2.73. The Labute approximate surface area is 165 Å². The maximum absolute atomic E-state index is 12.7. The van der Waals surface area contributed by atoms with Crippen molar-refractivity contribution in [1.82, 2.24) is 5.32 Å². The van der Waals surface area contributed by atoms with E-state index in [2.05, 4.69) is 10.0 Å². The van der Waals surface area contributed by atoms with Crippen LogP contribution in [-0.4, -0.2) is 14.3 Å². The van der Waals surface area contributed by atoms with Gasteiger partial charge in [0.25, 0.3) is 15.9 Å². The molecule has 0 aromatic heterocycles. The van der Waals surface area contributed by atoms with Crippen LogP contribution in [0.1, 0.15) is 28.4 Å². The molecule has 0 spiro atoms. The molecule has 28 heavy (non-hydrogen) atoms. The van der Waals surface area contributed by atoms with Gasteiger partial charge in [-0.1, -0.05) is 55.5 Å². The van der Waals surface area contributed by atoms with E-state index in [0.29, 0.717) is 17.8 Å². The maximum Gasteiger partial charge on any atom is 0.261 e. The van der Waals surface area contributed by atoms with Gasteiger partial charge in [0.15, 0.2) is 0 Å². The highest BCUT2D eigenvalue weighted by Crippen LogP contribution is 2.18. The summed E-state index contributed by atoms with van der Waals surface area (Å²) in [4.78, 5) is 12.4. The molecule has 0 radical (unpaired) electrons. The summed E-state index contributed by atoms with van der Waals surface area (Å²) in [7, 11) is -3.79. The SMILES string of the molecule is CCc1ccc(NS(=O)(=O)c2cccc(C(=O)NCc3ccccc3)c2)cc1. The first kappa shape index (κ1) is 19.6. The Kier molecular flexibility index (Phi) is 6.11. The molecular weight excluding hydrogens is 372 g/mol. The summed E-state index contributed by atoms with van der Waals surface area (Å²) < 4.78 is 27.9. The molecular formula is C22H22N2O3S. The molecule has 0 aliphatic carbocycles. The summed E-state index contributed by atoms with van der Waals surface area (Å²) >= 11 is 0. The second-order valence-electron chi connectivity index (χ2n) is 6.35. The van der Waals surface area contributed by atoms with Gasteiger partial charge in [-0.05, 0) is 47.9 Å². The molecule has 5 nitrogen and oxygen atoms in total. The second-order valence-corrected chi connectivity index (χ2v) is 8.03. The first-order valence-electron chi connectivity index (χ1n) is 9.02. The van der Waals surface area contributed by atoms with Gasteiger partial charge in [-0.25, -0.2) is 8.42 Å². The minimum absolute atomic E-state index is 0.0411. The highest BCUT2D eigenvalue weighted by molar-refractivity contribution is 7.92. The number of anilines is 1. The Morgan fingerprint density at radius 1 is 0.857 bits per heavy atom. The fourth-order valence-electron chi connectivity index (χ4n) is 2.71. The largest absolute Gasteiger partial charge is 0.348 e. The van der Waals surface area contributed by atoms with Gasteiger partial charge >= 0.3 is 0 Å². The van der Waals surface area contributed by atoms with E-state index in [9.17, 15) is 13.2 Å². The molecule has 0 saturated heterocycles. The number of amides is 1. The van der Waals surface area contributed by atoms with Crippen LogP contribution >= 0.6 is 0 Å². The maximum atomic E-state index is 12.7. The van der Waals surface area contributed by atoms with Gasteiger partial charge in [-0.2, -0.15) is 0 Å². The number of nitrogens with one attached hydrogen (secondary N) is 2. The number of benzene rings is 3. The van der Waals surface area contributed by atoms with Gasteiger partial charge in [0.2, 0.25) is 0 Å². The van der Waals surface area contributed by atoms with Crippen molar-refractivity contribution < 1.29 is 13.2 Å². The van der Waals surface area contributed by atoms with E-state index in [1.54, 1.807) is 24.3 Å². The van der Waals surface area contributed by atoms with E-state index in [0.717, 1.165) is 17.5 Å². The van der Waals surface area contributed by atoms with Crippen LogP contribution in [0.5, 0.6) is 0 Å². The molecule has 3 aromatic carbocycles. The highest BCUT2D eigenvalue weighted by atomic mass is 32.2. The zero-order valence-corrected chi connectivity index (χ0v) is 16.4. The summed E-state index contributed by atoms with van der Waals surface area (Å²) in [5, 5.41) is 2.80. The van der Waals surface area contributed by atoms with E-state index >= 15 is 0 Å². The quantitative estimate of drug-likeness (QED) is 0.636. The summed E-state index contributed by atoms with van der Waals surface area (Å²) in [5.74, 6) is -0.326. The molecule has 3 aromatic rings. The molecule has 6 heteroatoms. The first-order chi connectivity index (χ1) is 13.5. The van der Waals surface area contributed by atoms with E-state index in [1.165, 1.54) is 12.1 Å². The smallest absolute Gasteiger partial charge is 0.261 e. The fourth-order valence-corrected chi connectivity index (χ4v) is 3.81. The van der Waals surface area contributed by atoms with Gasteiger partial charge < -0.3 is 5.32 Å². The van der Waals surface area contributed by atoms with Gasteiger partial charge in [0, 0.05) is 17.8 Å². The van der Waals surface area contributed by atoms with Crippen molar-refractivity contribution in [1.29, 1.82) is 0 Å². The topological polar surface area (TPSA) is 75.3 Å². The van der Waals surface area contributed by atoms with Gasteiger partial charge in [-0.3, -0.25) is 9.52 Å². The minimum Gasteiger partial charge on any atom is -0.348 e. The van der Waals surface area contributed by atoms with Crippen molar-refractivity contribution in [2.45, 2.75) is 24.8 Å².